The fraction of sp³-hybridized carbons (Fsp3) is 0.130. The molecule has 0 saturated heterocycles. The summed E-state index contributed by atoms with van der Waals surface area (Å²) in [5.41, 5.74) is 5.23. The van der Waals surface area contributed by atoms with E-state index >= 15 is 0 Å². The standard InChI is InChI=1S/C23H18ClNO4/c1-13-20(11-10-19(24)21(13)22(26)27)25-23(28)29-12-18-16-8-4-2-6-14(16)15-7-3-5-9-17(15)18/h2-11,18H,12H2,1H3,(H,25,28)(H,26,27). The zero-order valence-corrected chi connectivity index (χ0v) is 16.4. The summed E-state index contributed by atoms with van der Waals surface area (Å²) in [4.78, 5) is 23.8. The molecular formula is C23H18ClNO4. The van der Waals surface area contributed by atoms with Crippen molar-refractivity contribution in [3.8, 4) is 11.1 Å². The number of hydrogen-bond acceptors (Lipinski definition) is 3. The van der Waals surface area contributed by atoms with Gasteiger partial charge in [-0.15, -0.1) is 0 Å². The number of aromatic carboxylic acids is 1. The monoisotopic (exact) mass is 407 g/mol. The van der Waals surface area contributed by atoms with Crippen LogP contribution in [0.2, 0.25) is 5.02 Å². The summed E-state index contributed by atoms with van der Waals surface area (Å²) >= 11 is 5.95. The number of rotatable bonds is 4. The van der Waals surface area contributed by atoms with E-state index in [-0.39, 0.29) is 23.1 Å². The van der Waals surface area contributed by atoms with Crippen LogP contribution in [0.5, 0.6) is 0 Å². The molecule has 3 aromatic carbocycles. The molecule has 1 amide bonds. The van der Waals surface area contributed by atoms with Gasteiger partial charge < -0.3 is 9.84 Å². The molecule has 4 rings (SSSR count). The minimum atomic E-state index is -1.15. The van der Waals surface area contributed by atoms with Crippen molar-refractivity contribution in [2.45, 2.75) is 12.8 Å². The summed E-state index contributed by atoms with van der Waals surface area (Å²) in [5, 5.41) is 12.0. The Labute approximate surface area is 172 Å². The Morgan fingerprint density at radius 3 is 2.17 bits per heavy atom. The topological polar surface area (TPSA) is 75.6 Å². The number of amides is 1. The number of fused-ring (bicyclic) bond motifs is 3. The lowest BCUT2D eigenvalue weighted by atomic mass is 9.98. The van der Waals surface area contributed by atoms with E-state index in [0.29, 0.717) is 11.3 Å². The van der Waals surface area contributed by atoms with Crippen LogP contribution >= 0.6 is 11.6 Å². The van der Waals surface area contributed by atoms with Gasteiger partial charge >= 0.3 is 12.1 Å². The van der Waals surface area contributed by atoms with Crippen molar-refractivity contribution >= 4 is 29.4 Å². The maximum absolute atomic E-state index is 12.4. The van der Waals surface area contributed by atoms with Crippen LogP contribution in [0.4, 0.5) is 10.5 Å². The normalized spacial score (nSPS) is 12.2. The fourth-order valence-electron chi connectivity index (χ4n) is 3.82. The minimum absolute atomic E-state index is 0.0388. The lowest BCUT2D eigenvalue weighted by Gasteiger charge is -2.16. The molecule has 0 saturated carbocycles. The van der Waals surface area contributed by atoms with Crippen molar-refractivity contribution < 1.29 is 19.4 Å². The second-order valence-corrected chi connectivity index (χ2v) is 7.26. The molecule has 0 heterocycles. The van der Waals surface area contributed by atoms with Gasteiger partial charge in [-0.2, -0.15) is 0 Å². The average Bonchev–Trinajstić information content (AvgIpc) is 3.02. The van der Waals surface area contributed by atoms with E-state index < -0.39 is 12.1 Å². The molecular weight excluding hydrogens is 390 g/mol. The van der Waals surface area contributed by atoms with Crippen LogP contribution < -0.4 is 5.32 Å². The van der Waals surface area contributed by atoms with Gasteiger partial charge in [-0.25, -0.2) is 9.59 Å². The Morgan fingerprint density at radius 1 is 1.00 bits per heavy atom. The van der Waals surface area contributed by atoms with Gasteiger partial charge in [0.1, 0.15) is 6.61 Å². The van der Waals surface area contributed by atoms with E-state index in [9.17, 15) is 14.7 Å². The Balaban J connectivity index is 1.52. The van der Waals surface area contributed by atoms with Gasteiger partial charge in [-0.1, -0.05) is 60.1 Å². The molecule has 29 heavy (non-hydrogen) atoms. The third-order valence-electron chi connectivity index (χ3n) is 5.21. The first-order valence-corrected chi connectivity index (χ1v) is 9.49. The summed E-state index contributed by atoms with van der Waals surface area (Å²) in [5.74, 6) is -1.20. The van der Waals surface area contributed by atoms with Crippen LogP contribution in [-0.4, -0.2) is 23.8 Å². The van der Waals surface area contributed by atoms with Crippen molar-refractivity contribution in [1.29, 1.82) is 0 Å². The smallest absolute Gasteiger partial charge is 0.411 e. The minimum Gasteiger partial charge on any atom is -0.478 e. The molecule has 6 heteroatoms. The van der Waals surface area contributed by atoms with E-state index in [0.717, 1.165) is 22.3 Å². The number of halogens is 1. The van der Waals surface area contributed by atoms with E-state index in [4.69, 9.17) is 16.3 Å². The Bertz CT molecular complexity index is 1080. The van der Waals surface area contributed by atoms with Gasteiger partial charge in [0.15, 0.2) is 0 Å². The lowest BCUT2D eigenvalue weighted by molar-refractivity contribution is 0.0696. The Hall–Kier alpha value is -3.31. The van der Waals surface area contributed by atoms with Crippen molar-refractivity contribution in [3.63, 3.8) is 0 Å². The first kappa shape index (κ1) is 19.0. The number of nitrogens with one attached hydrogen (secondary N) is 1. The van der Waals surface area contributed by atoms with Crippen LogP contribution in [0, 0.1) is 6.92 Å². The quantitative estimate of drug-likeness (QED) is 0.581. The molecule has 1 aliphatic carbocycles. The summed E-state index contributed by atoms with van der Waals surface area (Å²) in [6.45, 7) is 1.77. The molecule has 0 spiro atoms. The summed E-state index contributed by atoms with van der Waals surface area (Å²) in [6, 6.07) is 19.2. The number of carbonyl (C=O) groups is 2. The van der Waals surface area contributed by atoms with Crippen LogP contribution in [0.3, 0.4) is 0 Å². The second kappa shape index (κ2) is 7.60. The Kier molecular flexibility index (Phi) is 4.99. The lowest BCUT2D eigenvalue weighted by Crippen LogP contribution is -2.19. The van der Waals surface area contributed by atoms with E-state index in [1.807, 2.05) is 36.4 Å². The largest absolute Gasteiger partial charge is 0.478 e. The van der Waals surface area contributed by atoms with Gasteiger partial charge in [0, 0.05) is 11.6 Å². The van der Waals surface area contributed by atoms with Gasteiger partial charge in [-0.3, -0.25) is 5.32 Å². The number of ether oxygens (including phenoxy) is 1. The molecule has 146 valence electrons. The SMILES string of the molecule is Cc1c(NC(=O)OCC2c3ccccc3-c3ccccc32)ccc(Cl)c1C(=O)O. The molecule has 0 unspecified atom stereocenters. The van der Waals surface area contributed by atoms with E-state index in [2.05, 4.69) is 17.4 Å². The molecule has 0 fully saturated rings. The van der Waals surface area contributed by atoms with Crippen LogP contribution in [0.25, 0.3) is 11.1 Å². The van der Waals surface area contributed by atoms with Crippen molar-refractivity contribution in [1.82, 2.24) is 0 Å². The highest BCUT2D eigenvalue weighted by Crippen LogP contribution is 2.44. The third kappa shape index (κ3) is 3.45. The number of carboxylic acid groups (broad SMARTS) is 1. The average molecular weight is 408 g/mol. The van der Waals surface area contributed by atoms with E-state index in [1.54, 1.807) is 13.0 Å². The summed E-state index contributed by atoms with van der Waals surface area (Å²) in [7, 11) is 0. The maximum atomic E-state index is 12.4. The molecule has 0 bridgehead atoms. The predicted octanol–water partition coefficient (Wildman–Crippen LogP) is 5.71. The number of carboxylic acids is 1. The van der Waals surface area contributed by atoms with Crippen molar-refractivity contribution in [2.75, 3.05) is 11.9 Å². The van der Waals surface area contributed by atoms with Gasteiger partial charge in [-0.05, 0) is 46.9 Å². The zero-order valence-electron chi connectivity index (χ0n) is 15.6. The number of carbonyl (C=O) groups excluding carboxylic acids is 1. The zero-order chi connectivity index (χ0) is 20.5. The molecule has 3 aromatic rings. The van der Waals surface area contributed by atoms with Gasteiger partial charge in [0.05, 0.1) is 10.6 Å². The molecule has 0 atom stereocenters. The predicted molar refractivity (Wildman–Crippen MR) is 112 cm³/mol. The van der Waals surface area contributed by atoms with Crippen molar-refractivity contribution in [2.24, 2.45) is 0 Å². The first-order chi connectivity index (χ1) is 14.0. The summed E-state index contributed by atoms with van der Waals surface area (Å²) in [6.07, 6.45) is -0.645. The highest BCUT2D eigenvalue weighted by atomic mass is 35.5. The Morgan fingerprint density at radius 2 is 1.59 bits per heavy atom. The highest BCUT2D eigenvalue weighted by Gasteiger charge is 2.29. The molecule has 2 N–H and O–H groups in total. The summed E-state index contributed by atoms with van der Waals surface area (Å²) < 4.78 is 5.50. The molecule has 0 aliphatic heterocycles. The molecule has 0 radical (unpaired) electrons. The first-order valence-electron chi connectivity index (χ1n) is 9.11. The maximum Gasteiger partial charge on any atom is 0.411 e. The fourth-order valence-corrected chi connectivity index (χ4v) is 4.11. The van der Waals surface area contributed by atoms with E-state index in [1.165, 1.54) is 6.07 Å². The number of hydrogen-bond donors (Lipinski definition) is 2. The van der Waals surface area contributed by atoms with Crippen molar-refractivity contribution in [3.05, 3.63) is 87.9 Å². The molecule has 1 aliphatic rings. The van der Waals surface area contributed by atoms with Gasteiger partial charge in [0.25, 0.3) is 0 Å². The van der Waals surface area contributed by atoms with Crippen LogP contribution in [0.1, 0.15) is 33.0 Å². The third-order valence-corrected chi connectivity index (χ3v) is 5.52. The number of benzene rings is 3. The van der Waals surface area contributed by atoms with Crippen LogP contribution in [0.15, 0.2) is 60.7 Å². The van der Waals surface area contributed by atoms with Gasteiger partial charge in [0.2, 0.25) is 0 Å². The molecule has 0 aromatic heterocycles. The molecule has 5 nitrogen and oxygen atoms in total. The highest BCUT2D eigenvalue weighted by molar-refractivity contribution is 6.33. The number of anilines is 1. The van der Waals surface area contributed by atoms with Crippen LogP contribution in [-0.2, 0) is 4.74 Å². The second-order valence-electron chi connectivity index (χ2n) is 6.85.